The standard InChI is InChI=1S/C6H12O3S.H4Si/c1-5(2)6(3)10(7,8)9-4;/h1-4H3;1H4. The molecule has 0 N–H and O–H groups in total. The maximum absolute atomic E-state index is 10.9. The zero-order valence-corrected chi connectivity index (χ0v) is 7.45. The number of allylic oxidation sites excluding steroid dienone is 2. The third-order valence-electron chi connectivity index (χ3n) is 1.30. The van der Waals surface area contributed by atoms with Crippen LogP contribution in [-0.4, -0.2) is 26.5 Å². The van der Waals surface area contributed by atoms with Gasteiger partial charge in [0.05, 0.1) is 12.0 Å². The molecule has 11 heavy (non-hydrogen) atoms. The summed E-state index contributed by atoms with van der Waals surface area (Å²) in [5.74, 6) is 0. The van der Waals surface area contributed by atoms with E-state index in [4.69, 9.17) is 0 Å². The Labute approximate surface area is 72.6 Å². The van der Waals surface area contributed by atoms with Crippen molar-refractivity contribution in [3.63, 3.8) is 0 Å². The van der Waals surface area contributed by atoms with Gasteiger partial charge in [-0.15, -0.1) is 0 Å². The molecule has 0 fully saturated rings. The summed E-state index contributed by atoms with van der Waals surface area (Å²) in [5, 5.41) is 0. The van der Waals surface area contributed by atoms with E-state index in [1.807, 2.05) is 0 Å². The van der Waals surface area contributed by atoms with Gasteiger partial charge in [0.25, 0.3) is 10.1 Å². The van der Waals surface area contributed by atoms with Crippen LogP contribution in [0.15, 0.2) is 10.5 Å². The molecule has 0 saturated heterocycles. The van der Waals surface area contributed by atoms with Crippen molar-refractivity contribution in [1.29, 1.82) is 0 Å². The molecule has 0 rings (SSSR count). The predicted molar refractivity (Wildman–Crippen MR) is 51.3 cm³/mol. The average molecular weight is 196 g/mol. The SMILES string of the molecule is COS(=O)(=O)C(C)=C(C)C.[SiH4]. The predicted octanol–water partition coefficient (Wildman–Crippen LogP) is -0.175. The minimum absolute atomic E-state index is 0. The lowest BCUT2D eigenvalue weighted by Gasteiger charge is -2.01. The Kier molecular flexibility index (Phi) is 5.73. The molecule has 0 aliphatic rings. The second-order valence-electron chi connectivity index (χ2n) is 2.18. The summed E-state index contributed by atoms with van der Waals surface area (Å²) >= 11 is 0. The summed E-state index contributed by atoms with van der Waals surface area (Å²) in [4.78, 5) is 0.287. The van der Waals surface area contributed by atoms with Gasteiger partial charge in [-0.05, 0) is 31.7 Å². The van der Waals surface area contributed by atoms with Crippen molar-refractivity contribution >= 4 is 21.1 Å². The number of hydrogen-bond donors (Lipinski definition) is 0. The molecule has 68 valence electrons. The molecule has 0 unspecified atom stereocenters. The van der Waals surface area contributed by atoms with Crippen LogP contribution >= 0.6 is 0 Å². The van der Waals surface area contributed by atoms with Crippen molar-refractivity contribution in [2.75, 3.05) is 7.11 Å². The highest BCUT2D eigenvalue weighted by Gasteiger charge is 2.11. The Morgan fingerprint density at radius 3 is 1.64 bits per heavy atom. The van der Waals surface area contributed by atoms with Gasteiger partial charge in [-0.1, -0.05) is 5.57 Å². The Hall–Kier alpha value is -0.133. The van der Waals surface area contributed by atoms with Gasteiger partial charge in [-0.25, -0.2) is 0 Å². The Morgan fingerprint density at radius 2 is 1.55 bits per heavy atom. The molecule has 0 amide bonds. The molecular weight excluding hydrogens is 180 g/mol. The van der Waals surface area contributed by atoms with E-state index < -0.39 is 10.1 Å². The maximum atomic E-state index is 10.9. The van der Waals surface area contributed by atoms with E-state index in [9.17, 15) is 8.42 Å². The van der Waals surface area contributed by atoms with E-state index in [-0.39, 0.29) is 15.9 Å². The Balaban J connectivity index is 0. The van der Waals surface area contributed by atoms with Crippen LogP contribution in [0.4, 0.5) is 0 Å². The summed E-state index contributed by atoms with van der Waals surface area (Å²) in [6.45, 7) is 4.98. The molecule has 0 spiro atoms. The lowest BCUT2D eigenvalue weighted by Crippen LogP contribution is -2.04. The first-order chi connectivity index (χ1) is 4.41. The van der Waals surface area contributed by atoms with Crippen LogP contribution in [0.1, 0.15) is 20.8 Å². The molecule has 0 aliphatic heterocycles. The second-order valence-corrected chi connectivity index (χ2v) is 4.03. The minimum Gasteiger partial charge on any atom is -0.270 e. The molecule has 0 bridgehead atoms. The highest BCUT2D eigenvalue weighted by atomic mass is 32.2. The summed E-state index contributed by atoms with van der Waals surface area (Å²) in [7, 11) is -2.26. The van der Waals surface area contributed by atoms with Crippen LogP contribution in [0.25, 0.3) is 0 Å². The van der Waals surface area contributed by atoms with Gasteiger partial charge >= 0.3 is 0 Å². The molecule has 0 heterocycles. The molecular formula is C6H16O3SSi. The van der Waals surface area contributed by atoms with Crippen molar-refractivity contribution in [3.8, 4) is 0 Å². The second kappa shape index (κ2) is 4.69. The third kappa shape index (κ3) is 3.69. The minimum atomic E-state index is -3.42. The smallest absolute Gasteiger partial charge is 0.270 e. The van der Waals surface area contributed by atoms with Crippen molar-refractivity contribution in [1.82, 2.24) is 0 Å². The first-order valence-electron chi connectivity index (χ1n) is 2.86. The zero-order valence-electron chi connectivity index (χ0n) is 6.63. The molecule has 5 heteroatoms. The first kappa shape index (κ1) is 13.5. The van der Waals surface area contributed by atoms with Crippen LogP contribution in [0.3, 0.4) is 0 Å². The lowest BCUT2D eigenvalue weighted by atomic mass is 10.3. The molecule has 0 aromatic carbocycles. The monoisotopic (exact) mass is 196 g/mol. The normalized spacial score (nSPS) is 10.2. The molecule has 0 radical (unpaired) electrons. The van der Waals surface area contributed by atoms with Crippen molar-refractivity contribution in [2.24, 2.45) is 0 Å². The van der Waals surface area contributed by atoms with Gasteiger partial charge in [0, 0.05) is 0 Å². The molecule has 3 nitrogen and oxygen atoms in total. The van der Waals surface area contributed by atoms with Gasteiger partial charge < -0.3 is 0 Å². The van der Waals surface area contributed by atoms with E-state index >= 15 is 0 Å². The molecule has 0 aromatic heterocycles. The van der Waals surface area contributed by atoms with Gasteiger partial charge in [0.1, 0.15) is 0 Å². The van der Waals surface area contributed by atoms with Crippen molar-refractivity contribution < 1.29 is 12.6 Å². The van der Waals surface area contributed by atoms with Crippen LogP contribution in [0.5, 0.6) is 0 Å². The van der Waals surface area contributed by atoms with Gasteiger partial charge in [-0.3, -0.25) is 4.18 Å². The maximum Gasteiger partial charge on any atom is 0.292 e. The lowest BCUT2D eigenvalue weighted by molar-refractivity contribution is 0.403. The molecule has 0 atom stereocenters. The fourth-order valence-electron chi connectivity index (χ4n) is 0.375. The fourth-order valence-corrected chi connectivity index (χ4v) is 1.12. The highest BCUT2D eigenvalue weighted by molar-refractivity contribution is 7.90. The van der Waals surface area contributed by atoms with Crippen LogP contribution in [0.2, 0.25) is 0 Å². The van der Waals surface area contributed by atoms with E-state index in [1.54, 1.807) is 13.8 Å². The van der Waals surface area contributed by atoms with Crippen LogP contribution in [-0.2, 0) is 14.3 Å². The van der Waals surface area contributed by atoms with Crippen LogP contribution in [0, 0.1) is 0 Å². The summed E-state index contributed by atoms with van der Waals surface area (Å²) in [6.07, 6.45) is 0. The van der Waals surface area contributed by atoms with Gasteiger partial charge in [-0.2, -0.15) is 8.42 Å². The quantitative estimate of drug-likeness (QED) is 0.455. The van der Waals surface area contributed by atoms with Crippen LogP contribution < -0.4 is 0 Å². The van der Waals surface area contributed by atoms with Gasteiger partial charge in [0.15, 0.2) is 0 Å². The third-order valence-corrected chi connectivity index (χ3v) is 2.90. The van der Waals surface area contributed by atoms with E-state index in [1.165, 1.54) is 6.92 Å². The van der Waals surface area contributed by atoms with Crippen molar-refractivity contribution in [2.45, 2.75) is 20.8 Å². The van der Waals surface area contributed by atoms with E-state index in [0.717, 1.165) is 12.7 Å². The highest BCUT2D eigenvalue weighted by Crippen LogP contribution is 2.11. The largest absolute Gasteiger partial charge is 0.292 e. The fraction of sp³-hybridized carbons (Fsp3) is 0.667. The average Bonchev–Trinajstić information content (AvgIpc) is 1.86. The van der Waals surface area contributed by atoms with E-state index in [2.05, 4.69) is 4.18 Å². The topological polar surface area (TPSA) is 43.4 Å². The Bertz CT molecular complexity index is 237. The van der Waals surface area contributed by atoms with Crippen molar-refractivity contribution in [3.05, 3.63) is 10.5 Å². The van der Waals surface area contributed by atoms with Gasteiger partial charge in [0.2, 0.25) is 0 Å². The molecule has 0 aromatic rings. The zero-order chi connectivity index (χ0) is 8.36. The molecule has 0 saturated carbocycles. The van der Waals surface area contributed by atoms with E-state index in [0.29, 0.717) is 0 Å². The molecule has 0 aliphatic carbocycles. The number of hydrogen-bond acceptors (Lipinski definition) is 3. The first-order valence-corrected chi connectivity index (χ1v) is 4.27. The number of rotatable bonds is 2. The summed E-state index contributed by atoms with van der Waals surface area (Å²) in [6, 6.07) is 0. The summed E-state index contributed by atoms with van der Waals surface area (Å²) < 4.78 is 26.0. The Morgan fingerprint density at radius 1 is 1.18 bits per heavy atom. The summed E-state index contributed by atoms with van der Waals surface area (Å²) in [5.41, 5.74) is 0.752.